The maximum atomic E-state index is 12.8. The second kappa shape index (κ2) is 8.58. The number of amides is 2. The van der Waals surface area contributed by atoms with Gasteiger partial charge in [-0.2, -0.15) is 23.7 Å². The van der Waals surface area contributed by atoms with Crippen LogP contribution in [0.25, 0.3) is 11.0 Å². The fourth-order valence-corrected chi connectivity index (χ4v) is 3.82. The molecule has 1 N–H and O–H groups in total. The zero-order valence-electron chi connectivity index (χ0n) is 18.0. The smallest absolute Gasteiger partial charge is 0.416 e. The molecule has 1 saturated heterocycles. The summed E-state index contributed by atoms with van der Waals surface area (Å²) in [5, 5.41) is 37.3. The summed E-state index contributed by atoms with van der Waals surface area (Å²) in [5.74, 6) is -0.468. The number of aromatic nitrogens is 2. The first-order chi connectivity index (χ1) is 16.1. The molecule has 2 aromatic carbocycles. The molecule has 12 heteroatoms. The van der Waals surface area contributed by atoms with Crippen molar-refractivity contribution in [1.82, 2.24) is 4.90 Å². The summed E-state index contributed by atoms with van der Waals surface area (Å²) < 4.78 is 38.9. The van der Waals surface area contributed by atoms with Gasteiger partial charge in [-0.05, 0) is 42.8 Å². The molecule has 34 heavy (non-hydrogen) atoms. The van der Waals surface area contributed by atoms with Crippen molar-refractivity contribution in [2.24, 2.45) is 0 Å². The van der Waals surface area contributed by atoms with Crippen molar-refractivity contribution in [2.75, 3.05) is 36.4 Å². The van der Waals surface area contributed by atoms with Gasteiger partial charge in [-0.3, -0.25) is 0 Å². The molecular formula is C22H19F3N6O3. The van der Waals surface area contributed by atoms with Crippen molar-refractivity contribution in [3.05, 3.63) is 69.7 Å². The number of alkyl halides is 3. The Morgan fingerprint density at radius 1 is 1.03 bits per heavy atom. The Morgan fingerprint density at radius 3 is 2.26 bits per heavy atom. The van der Waals surface area contributed by atoms with Crippen LogP contribution < -0.4 is 19.7 Å². The van der Waals surface area contributed by atoms with E-state index in [4.69, 9.17) is 0 Å². The third-order valence-electron chi connectivity index (χ3n) is 5.66. The number of piperazine rings is 1. The quantitative estimate of drug-likeness (QED) is 0.455. The molecule has 1 aliphatic heterocycles. The number of aryl methyl sites for hydroxylation is 1. The molecule has 9 nitrogen and oxygen atoms in total. The van der Waals surface area contributed by atoms with E-state index in [2.05, 4.69) is 5.32 Å². The molecule has 0 unspecified atom stereocenters. The van der Waals surface area contributed by atoms with Crippen LogP contribution in [0.5, 0.6) is 0 Å². The van der Waals surface area contributed by atoms with Gasteiger partial charge in [0.05, 0.1) is 5.56 Å². The summed E-state index contributed by atoms with van der Waals surface area (Å²) in [4.78, 5) is 16.0. The average Bonchev–Trinajstić information content (AvgIpc) is 2.82. The predicted octanol–water partition coefficient (Wildman–Crippen LogP) is 2.66. The standard InChI is InChI=1S/C22H19F3N6O3/c1-14-2-7-17-18(12-14)30(33)19(13-26)20(31(17)34)27-21(32)29-10-8-28(9-11-29)16-5-3-15(4-6-16)22(23,24)25/h2-7,12H,8-11H2,1H3,(H,27,32). The topological polar surface area (TPSA) is 113 Å². The minimum Gasteiger partial charge on any atom is -0.710 e. The van der Waals surface area contributed by atoms with Crippen molar-refractivity contribution in [3.8, 4) is 6.07 Å². The van der Waals surface area contributed by atoms with E-state index < -0.39 is 29.3 Å². The van der Waals surface area contributed by atoms with Gasteiger partial charge < -0.3 is 20.2 Å². The van der Waals surface area contributed by atoms with E-state index in [-0.39, 0.29) is 24.1 Å². The molecule has 2 amide bonds. The van der Waals surface area contributed by atoms with E-state index in [1.807, 2.05) is 4.90 Å². The van der Waals surface area contributed by atoms with E-state index in [0.29, 0.717) is 28.2 Å². The molecule has 0 radical (unpaired) electrons. The minimum atomic E-state index is -4.42. The third kappa shape index (κ3) is 4.19. The molecule has 0 aliphatic carbocycles. The number of benzene rings is 2. The van der Waals surface area contributed by atoms with Crippen LogP contribution in [0.15, 0.2) is 42.5 Å². The summed E-state index contributed by atoms with van der Waals surface area (Å²) in [6, 6.07) is 10.3. The van der Waals surface area contributed by atoms with Crippen LogP contribution in [-0.2, 0) is 6.18 Å². The molecule has 4 rings (SSSR count). The van der Waals surface area contributed by atoms with Gasteiger partial charge in [0.2, 0.25) is 5.52 Å². The Bertz CT molecular complexity index is 1300. The van der Waals surface area contributed by atoms with Crippen LogP contribution in [0.4, 0.5) is 29.5 Å². The molecule has 1 fully saturated rings. The number of hydrogen-bond acceptors (Lipinski definition) is 5. The number of rotatable bonds is 2. The fourth-order valence-electron chi connectivity index (χ4n) is 3.82. The Kier molecular flexibility index (Phi) is 5.78. The first-order valence-electron chi connectivity index (χ1n) is 10.3. The molecule has 2 heterocycles. The normalized spacial score (nSPS) is 14.2. The number of urea groups is 1. The number of fused-ring (bicyclic) bond motifs is 1. The van der Waals surface area contributed by atoms with Crippen molar-refractivity contribution < 1.29 is 27.4 Å². The Balaban J connectivity index is 1.49. The van der Waals surface area contributed by atoms with Crippen molar-refractivity contribution >= 4 is 28.6 Å². The summed E-state index contributed by atoms with van der Waals surface area (Å²) in [5.41, 5.74) is 0.0503. The Labute approximate surface area is 192 Å². The Hall–Kier alpha value is -4.27. The number of halogens is 3. The van der Waals surface area contributed by atoms with E-state index in [0.717, 1.165) is 17.7 Å². The zero-order chi connectivity index (χ0) is 24.6. The molecule has 3 aromatic rings. The van der Waals surface area contributed by atoms with Crippen LogP contribution in [0, 0.1) is 28.7 Å². The maximum Gasteiger partial charge on any atom is 0.416 e. The van der Waals surface area contributed by atoms with E-state index in [9.17, 15) is 33.6 Å². The lowest BCUT2D eigenvalue weighted by Crippen LogP contribution is -2.52. The SMILES string of the molecule is Cc1ccc2c(c1)[n+]([O-])c(C#N)c(NC(=O)N1CCN(c3ccc(C(F)(F)F)cc3)CC1)[n+]2[O-]. The highest BCUT2D eigenvalue weighted by Crippen LogP contribution is 2.30. The van der Waals surface area contributed by atoms with Gasteiger partial charge in [0.15, 0.2) is 6.07 Å². The van der Waals surface area contributed by atoms with Crippen LogP contribution in [0.3, 0.4) is 0 Å². The molecule has 0 saturated carbocycles. The van der Waals surface area contributed by atoms with Gasteiger partial charge in [0.1, 0.15) is 0 Å². The van der Waals surface area contributed by atoms with Crippen LogP contribution in [0.2, 0.25) is 0 Å². The third-order valence-corrected chi connectivity index (χ3v) is 5.66. The zero-order valence-corrected chi connectivity index (χ0v) is 18.0. The van der Waals surface area contributed by atoms with Gasteiger partial charge in [-0.15, -0.1) is 4.73 Å². The molecule has 0 atom stereocenters. The summed E-state index contributed by atoms with van der Waals surface area (Å²) >= 11 is 0. The fraction of sp³-hybridized carbons (Fsp3) is 0.273. The van der Waals surface area contributed by atoms with Crippen molar-refractivity contribution in [1.29, 1.82) is 5.26 Å². The number of anilines is 2. The molecule has 0 spiro atoms. The van der Waals surface area contributed by atoms with Gasteiger partial charge in [0.25, 0.3) is 5.52 Å². The first kappa shape index (κ1) is 22.9. The van der Waals surface area contributed by atoms with Gasteiger partial charge in [-0.1, -0.05) is 6.07 Å². The highest BCUT2D eigenvalue weighted by molar-refractivity contribution is 5.89. The van der Waals surface area contributed by atoms with Crippen LogP contribution >= 0.6 is 0 Å². The number of nitriles is 1. The number of hydrogen-bond donors (Lipinski definition) is 1. The molecule has 1 aromatic heterocycles. The van der Waals surface area contributed by atoms with E-state index >= 15 is 0 Å². The lowest BCUT2D eigenvalue weighted by atomic mass is 10.1. The van der Waals surface area contributed by atoms with Crippen LogP contribution in [-0.4, -0.2) is 37.1 Å². The second-order valence-corrected chi connectivity index (χ2v) is 7.84. The Morgan fingerprint density at radius 2 is 1.68 bits per heavy atom. The molecular weight excluding hydrogens is 453 g/mol. The molecule has 176 valence electrons. The highest BCUT2D eigenvalue weighted by atomic mass is 19.4. The maximum absolute atomic E-state index is 12.8. The van der Waals surface area contributed by atoms with Gasteiger partial charge in [-0.25, -0.2) is 9.52 Å². The number of carbonyl (C=O) groups excluding carboxylic acids is 1. The van der Waals surface area contributed by atoms with Gasteiger partial charge in [0, 0.05) is 37.9 Å². The lowest BCUT2D eigenvalue weighted by molar-refractivity contribution is -0.620. The monoisotopic (exact) mass is 472 g/mol. The average molecular weight is 472 g/mol. The molecule has 1 aliphatic rings. The lowest BCUT2D eigenvalue weighted by Gasteiger charge is -2.35. The highest BCUT2D eigenvalue weighted by Gasteiger charge is 2.33. The first-order valence-corrected chi connectivity index (χ1v) is 10.3. The van der Waals surface area contributed by atoms with Gasteiger partial charge >= 0.3 is 23.7 Å². The summed E-state index contributed by atoms with van der Waals surface area (Å²) in [6.07, 6.45) is -4.42. The van der Waals surface area contributed by atoms with E-state index in [1.54, 1.807) is 19.1 Å². The number of carbonyl (C=O) groups is 1. The second-order valence-electron chi connectivity index (χ2n) is 7.84. The summed E-state index contributed by atoms with van der Waals surface area (Å²) in [6.45, 7) is 2.87. The minimum absolute atomic E-state index is 0.00187. The predicted molar refractivity (Wildman–Crippen MR) is 116 cm³/mol. The number of nitrogens with one attached hydrogen (secondary N) is 1. The summed E-state index contributed by atoms with van der Waals surface area (Å²) in [7, 11) is 0. The largest absolute Gasteiger partial charge is 0.710 e. The number of nitrogens with zero attached hydrogens (tertiary/aromatic N) is 5. The van der Waals surface area contributed by atoms with Crippen LogP contribution in [0.1, 0.15) is 16.8 Å². The van der Waals surface area contributed by atoms with E-state index in [1.165, 1.54) is 29.2 Å². The van der Waals surface area contributed by atoms with Crippen molar-refractivity contribution in [2.45, 2.75) is 13.1 Å². The van der Waals surface area contributed by atoms with Crippen molar-refractivity contribution in [3.63, 3.8) is 0 Å². The molecule has 0 bridgehead atoms.